The highest BCUT2D eigenvalue weighted by Crippen LogP contribution is 2.33. The predicted molar refractivity (Wildman–Crippen MR) is 115 cm³/mol. The highest BCUT2D eigenvalue weighted by molar-refractivity contribution is 5.91. The second-order valence-electron chi connectivity index (χ2n) is 7.63. The van der Waals surface area contributed by atoms with Crippen molar-refractivity contribution < 1.29 is 32.5 Å². The monoisotopic (exact) mass is 474 g/mol. The number of hydrogen-bond acceptors (Lipinski definition) is 7. The van der Waals surface area contributed by atoms with Crippen molar-refractivity contribution in [3.63, 3.8) is 0 Å². The fraction of sp³-hybridized carbons (Fsp3) is 0.261. The molecule has 1 aliphatic heterocycles. The molecule has 1 aliphatic rings. The normalized spacial score (nSPS) is 14.7. The van der Waals surface area contributed by atoms with Crippen LogP contribution in [-0.4, -0.2) is 52.2 Å². The standard InChI is InChI=1S/C23H21F3N4O4/c24-23(25,26)15-1-3-16(4-2-15)34-17-5-6-18(14(11-17)13-30-7-9-33-10-8-30)22-28-19(21(27)32)12-20(31)29-22/h1-6,11-12H,7-10,13H2,(H2,27,32)(H,28,29,31). The summed E-state index contributed by atoms with van der Waals surface area (Å²) in [4.78, 5) is 21.9. The minimum atomic E-state index is -4.43. The minimum Gasteiger partial charge on any atom is -0.493 e. The number of alkyl halides is 3. The first-order chi connectivity index (χ1) is 16.2. The Morgan fingerprint density at radius 1 is 1.06 bits per heavy atom. The van der Waals surface area contributed by atoms with E-state index >= 15 is 0 Å². The Morgan fingerprint density at radius 2 is 1.74 bits per heavy atom. The van der Waals surface area contributed by atoms with Crippen LogP contribution in [0.4, 0.5) is 13.2 Å². The third-order valence-electron chi connectivity index (χ3n) is 5.20. The molecule has 4 rings (SSSR count). The first kappa shape index (κ1) is 23.5. The molecule has 3 N–H and O–H groups in total. The van der Waals surface area contributed by atoms with Gasteiger partial charge in [0.15, 0.2) is 5.82 Å². The number of halogens is 3. The summed E-state index contributed by atoms with van der Waals surface area (Å²) in [5.74, 6) is -0.472. The summed E-state index contributed by atoms with van der Waals surface area (Å²) in [6, 6.07) is 10.5. The largest absolute Gasteiger partial charge is 0.493 e. The van der Waals surface area contributed by atoms with Crippen LogP contribution in [0.1, 0.15) is 21.6 Å². The van der Waals surface area contributed by atoms with Crippen LogP contribution in [0.3, 0.4) is 0 Å². The number of aromatic nitrogens is 2. The van der Waals surface area contributed by atoms with Crippen molar-refractivity contribution in [1.29, 1.82) is 0 Å². The maximum Gasteiger partial charge on any atom is 0.416 e. The summed E-state index contributed by atoms with van der Waals surface area (Å²) in [6.07, 6.45) is -4.43. The SMILES string of the molecule is NC(=O)c1cc(O)nc(-c2ccc(Oc3ccc(C(F)(F)F)cc3)cc2CN2CCOCC2)n1. The van der Waals surface area contributed by atoms with Gasteiger partial charge in [0.05, 0.1) is 18.8 Å². The highest BCUT2D eigenvalue weighted by Gasteiger charge is 2.30. The molecule has 0 saturated carbocycles. The number of ether oxygens (including phenoxy) is 2. The lowest BCUT2D eigenvalue weighted by atomic mass is 10.0. The first-order valence-corrected chi connectivity index (χ1v) is 10.4. The average Bonchev–Trinajstić information content (AvgIpc) is 2.79. The molecule has 0 radical (unpaired) electrons. The van der Waals surface area contributed by atoms with Gasteiger partial charge in [-0.2, -0.15) is 18.2 Å². The zero-order valence-electron chi connectivity index (χ0n) is 17.9. The minimum absolute atomic E-state index is 0.109. The second-order valence-corrected chi connectivity index (χ2v) is 7.63. The zero-order chi connectivity index (χ0) is 24.3. The fourth-order valence-electron chi connectivity index (χ4n) is 3.51. The summed E-state index contributed by atoms with van der Waals surface area (Å²) < 4.78 is 49.6. The Morgan fingerprint density at radius 3 is 2.38 bits per heavy atom. The van der Waals surface area contributed by atoms with Crippen molar-refractivity contribution in [3.8, 4) is 28.8 Å². The summed E-state index contributed by atoms with van der Waals surface area (Å²) >= 11 is 0. The third kappa shape index (κ3) is 5.61. The molecule has 1 amide bonds. The number of rotatable bonds is 6. The number of primary amides is 1. The van der Waals surface area contributed by atoms with Gasteiger partial charge in [0.2, 0.25) is 5.88 Å². The summed E-state index contributed by atoms with van der Waals surface area (Å²) in [7, 11) is 0. The van der Waals surface area contributed by atoms with Gasteiger partial charge in [0, 0.05) is 31.3 Å². The Labute approximate surface area is 192 Å². The van der Waals surface area contributed by atoms with Gasteiger partial charge in [0.1, 0.15) is 17.2 Å². The molecule has 1 fully saturated rings. The molecular formula is C23H21F3N4O4. The lowest BCUT2D eigenvalue weighted by Crippen LogP contribution is -2.35. The van der Waals surface area contributed by atoms with E-state index in [4.69, 9.17) is 15.2 Å². The van der Waals surface area contributed by atoms with Crippen molar-refractivity contribution in [2.24, 2.45) is 5.73 Å². The maximum atomic E-state index is 12.8. The van der Waals surface area contributed by atoms with E-state index in [1.807, 2.05) is 0 Å². The van der Waals surface area contributed by atoms with E-state index in [1.54, 1.807) is 18.2 Å². The Bertz CT molecular complexity index is 1180. The van der Waals surface area contributed by atoms with Crippen molar-refractivity contribution in [2.75, 3.05) is 26.3 Å². The number of aromatic hydroxyl groups is 1. The summed E-state index contributed by atoms with van der Waals surface area (Å²) in [5.41, 5.74) is 5.68. The van der Waals surface area contributed by atoms with Gasteiger partial charge in [-0.15, -0.1) is 0 Å². The molecule has 178 valence electrons. The predicted octanol–water partition coefficient (Wildman–Crippen LogP) is 3.59. The van der Waals surface area contributed by atoms with Crippen molar-refractivity contribution in [2.45, 2.75) is 12.7 Å². The van der Waals surface area contributed by atoms with Crippen LogP contribution in [-0.2, 0) is 17.5 Å². The van der Waals surface area contributed by atoms with Gasteiger partial charge < -0.3 is 20.3 Å². The van der Waals surface area contributed by atoms with Gasteiger partial charge >= 0.3 is 6.18 Å². The number of amides is 1. The Kier molecular flexibility index (Phi) is 6.66. The van der Waals surface area contributed by atoms with Crippen LogP contribution in [0, 0.1) is 0 Å². The van der Waals surface area contributed by atoms with E-state index in [0.29, 0.717) is 44.2 Å². The van der Waals surface area contributed by atoms with Gasteiger partial charge in [-0.05, 0) is 48.0 Å². The molecule has 1 saturated heterocycles. The zero-order valence-corrected chi connectivity index (χ0v) is 17.9. The molecule has 3 aromatic rings. The van der Waals surface area contributed by atoms with E-state index in [2.05, 4.69) is 14.9 Å². The second kappa shape index (κ2) is 9.65. The average molecular weight is 474 g/mol. The molecule has 2 aromatic carbocycles. The van der Waals surface area contributed by atoms with Crippen LogP contribution in [0.5, 0.6) is 17.4 Å². The molecule has 0 bridgehead atoms. The van der Waals surface area contributed by atoms with Crippen molar-refractivity contribution >= 4 is 5.91 Å². The van der Waals surface area contributed by atoms with Crippen LogP contribution in [0.15, 0.2) is 48.5 Å². The molecule has 0 aliphatic carbocycles. The Balaban J connectivity index is 1.67. The molecular weight excluding hydrogens is 453 g/mol. The van der Waals surface area contributed by atoms with Crippen LogP contribution in [0.25, 0.3) is 11.4 Å². The topological polar surface area (TPSA) is 111 Å². The van der Waals surface area contributed by atoms with E-state index in [1.165, 1.54) is 12.1 Å². The van der Waals surface area contributed by atoms with Crippen molar-refractivity contribution in [1.82, 2.24) is 14.9 Å². The van der Waals surface area contributed by atoms with E-state index in [-0.39, 0.29) is 17.3 Å². The van der Waals surface area contributed by atoms with E-state index in [0.717, 1.165) is 23.8 Å². The summed E-state index contributed by atoms with van der Waals surface area (Å²) in [5, 5.41) is 9.95. The first-order valence-electron chi connectivity index (χ1n) is 10.4. The number of nitrogens with two attached hydrogens (primary N) is 1. The quantitative estimate of drug-likeness (QED) is 0.562. The van der Waals surface area contributed by atoms with Crippen LogP contribution in [0.2, 0.25) is 0 Å². The van der Waals surface area contributed by atoms with Gasteiger partial charge in [-0.1, -0.05) is 0 Å². The maximum absolute atomic E-state index is 12.8. The van der Waals surface area contributed by atoms with Gasteiger partial charge in [0.25, 0.3) is 5.91 Å². The summed E-state index contributed by atoms with van der Waals surface area (Å²) in [6.45, 7) is 3.00. The lowest BCUT2D eigenvalue weighted by Gasteiger charge is -2.27. The number of carbonyl (C=O) groups excluding carboxylic acids is 1. The van der Waals surface area contributed by atoms with E-state index in [9.17, 15) is 23.1 Å². The number of benzene rings is 2. The number of morpholine rings is 1. The molecule has 1 aromatic heterocycles. The van der Waals surface area contributed by atoms with E-state index < -0.39 is 23.5 Å². The number of nitrogens with zero attached hydrogens (tertiary/aromatic N) is 3. The Hall–Kier alpha value is -3.70. The molecule has 11 heteroatoms. The third-order valence-corrected chi connectivity index (χ3v) is 5.20. The fourth-order valence-corrected chi connectivity index (χ4v) is 3.51. The lowest BCUT2D eigenvalue weighted by molar-refractivity contribution is -0.137. The van der Waals surface area contributed by atoms with Crippen molar-refractivity contribution in [3.05, 3.63) is 65.4 Å². The number of carbonyl (C=O) groups is 1. The molecule has 8 nitrogen and oxygen atoms in total. The molecule has 2 heterocycles. The molecule has 0 atom stereocenters. The smallest absolute Gasteiger partial charge is 0.416 e. The van der Waals surface area contributed by atoms with Gasteiger partial charge in [-0.3, -0.25) is 9.69 Å². The molecule has 0 unspecified atom stereocenters. The van der Waals surface area contributed by atoms with Gasteiger partial charge in [-0.25, -0.2) is 4.98 Å². The highest BCUT2D eigenvalue weighted by atomic mass is 19.4. The molecule has 34 heavy (non-hydrogen) atoms. The van der Waals surface area contributed by atoms with Crippen LogP contribution < -0.4 is 10.5 Å². The van der Waals surface area contributed by atoms with Crippen LogP contribution >= 0.6 is 0 Å². The molecule has 0 spiro atoms. The number of hydrogen-bond donors (Lipinski definition) is 2.